The van der Waals surface area contributed by atoms with Crippen LogP contribution >= 0.6 is 11.3 Å². The van der Waals surface area contributed by atoms with Crippen LogP contribution in [0.1, 0.15) is 17.8 Å². The normalized spacial score (nSPS) is 19.5. The molecule has 106 valence electrons. The number of fused-ring (bicyclic) bond motifs is 1. The summed E-state index contributed by atoms with van der Waals surface area (Å²) < 4.78 is 0.860. The minimum Gasteiger partial charge on any atom is -0.364 e. The fraction of sp³-hybridized carbons (Fsp3) is 0.462. The summed E-state index contributed by atoms with van der Waals surface area (Å²) in [6.07, 6.45) is 1.94. The zero-order chi connectivity index (χ0) is 14.3. The maximum Gasteiger partial charge on any atom is 0.294 e. The predicted octanol–water partition coefficient (Wildman–Crippen LogP) is 2.44. The Morgan fingerprint density at radius 2 is 2.35 bits per heavy atom. The van der Waals surface area contributed by atoms with Gasteiger partial charge in [-0.05, 0) is 25.8 Å². The standard InChI is InChI=1S/C13H16N4O2S/c1-8-15-10-5-11(16-4-2-3-9(14)7-16)12(17(18)19)6-13(10)20-8/h5-6,9H,2-4,7,14H2,1H3. The Kier molecular flexibility index (Phi) is 3.31. The first-order valence-electron chi connectivity index (χ1n) is 6.60. The van der Waals surface area contributed by atoms with E-state index in [0.717, 1.165) is 34.6 Å². The predicted molar refractivity (Wildman–Crippen MR) is 80.4 cm³/mol. The van der Waals surface area contributed by atoms with Crippen molar-refractivity contribution in [1.82, 2.24) is 4.98 Å². The van der Waals surface area contributed by atoms with Gasteiger partial charge in [0.15, 0.2) is 0 Å². The molecule has 1 aliphatic heterocycles. The lowest BCUT2D eigenvalue weighted by atomic mass is 10.1. The number of nitro benzene ring substituents is 1. The minimum atomic E-state index is -0.316. The molecule has 7 heteroatoms. The van der Waals surface area contributed by atoms with Gasteiger partial charge >= 0.3 is 0 Å². The van der Waals surface area contributed by atoms with Crippen molar-refractivity contribution in [2.45, 2.75) is 25.8 Å². The summed E-state index contributed by atoms with van der Waals surface area (Å²) >= 11 is 1.48. The third-order valence-corrected chi connectivity index (χ3v) is 4.52. The van der Waals surface area contributed by atoms with E-state index in [1.807, 2.05) is 17.9 Å². The zero-order valence-electron chi connectivity index (χ0n) is 11.2. The van der Waals surface area contributed by atoms with Crippen LogP contribution in [0.5, 0.6) is 0 Å². The van der Waals surface area contributed by atoms with Gasteiger partial charge < -0.3 is 10.6 Å². The van der Waals surface area contributed by atoms with Gasteiger partial charge in [-0.2, -0.15) is 0 Å². The number of piperidine rings is 1. The summed E-state index contributed by atoms with van der Waals surface area (Å²) in [6, 6.07) is 3.54. The molecular weight excluding hydrogens is 276 g/mol. The molecule has 1 atom stereocenters. The van der Waals surface area contributed by atoms with Crippen LogP contribution < -0.4 is 10.6 Å². The van der Waals surface area contributed by atoms with E-state index in [0.29, 0.717) is 12.2 Å². The van der Waals surface area contributed by atoms with Gasteiger partial charge in [0.1, 0.15) is 5.69 Å². The van der Waals surface area contributed by atoms with Crippen molar-refractivity contribution in [1.29, 1.82) is 0 Å². The lowest BCUT2D eigenvalue weighted by molar-refractivity contribution is -0.384. The summed E-state index contributed by atoms with van der Waals surface area (Å²) in [5, 5.41) is 12.2. The highest BCUT2D eigenvalue weighted by atomic mass is 32.1. The number of thiazole rings is 1. The first kappa shape index (κ1) is 13.3. The molecular formula is C13H16N4O2S. The molecule has 1 unspecified atom stereocenters. The van der Waals surface area contributed by atoms with E-state index in [2.05, 4.69) is 4.98 Å². The number of nitrogens with two attached hydrogens (primary N) is 1. The second-order valence-electron chi connectivity index (χ2n) is 5.15. The Morgan fingerprint density at radius 1 is 1.55 bits per heavy atom. The van der Waals surface area contributed by atoms with Crippen LogP contribution in [-0.4, -0.2) is 29.0 Å². The maximum absolute atomic E-state index is 11.3. The average Bonchev–Trinajstić information content (AvgIpc) is 2.76. The van der Waals surface area contributed by atoms with E-state index in [1.165, 1.54) is 11.3 Å². The average molecular weight is 292 g/mol. The van der Waals surface area contributed by atoms with E-state index in [1.54, 1.807) is 6.07 Å². The highest BCUT2D eigenvalue weighted by molar-refractivity contribution is 7.18. The van der Waals surface area contributed by atoms with Crippen LogP contribution in [0.2, 0.25) is 0 Å². The lowest BCUT2D eigenvalue weighted by Gasteiger charge is -2.32. The molecule has 3 rings (SSSR count). The van der Waals surface area contributed by atoms with Crippen LogP contribution in [0.25, 0.3) is 10.2 Å². The number of aromatic nitrogens is 1. The highest BCUT2D eigenvalue weighted by Gasteiger charge is 2.25. The van der Waals surface area contributed by atoms with Gasteiger partial charge in [0.25, 0.3) is 5.69 Å². The SMILES string of the molecule is Cc1nc2cc(N3CCCC(N)C3)c([N+](=O)[O-])cc2s1. The maximum atomic E-state index is 11.3. The second kappa shape index (κ2) is 4.99. The molecule has 1 aromatic heterocycles. The molecule has 0 amide bonds. The van der Waals surface area contributed by atoms with E-state index in [-0.39, 0.29) is 16.7 Å². The quantitative estimate of drug-likeness (QED) is 0.678. The fourth-order valence-electron chi connectivity index (χ4n) is 2.70. The Bertz CT molecular complexity index is 670. The number of hydrogen-bond acceptors (Lipinski definition) is 6. The van der Waals surface area contributed by atoms with Crippen molar-refractivity contribution in [3.63, 3.8) is 0 Å². The molecule has 6 nitrogen and oxygen atoms in total. The summed E-state index contributed by atoms with van der Waals surface area (Å²) in [6.45, 7) is 3.38. The largest absolute Gasteiger partial charge is 0.364 e. The highest BCUT2D eigenvalue weighted by Crippen LogP contribution is 2.36. The van der Waals surface area contributed by atoms with Gasteiger partial charge in [0.05, 0.1) is 20.1 Å². The Labute approximate surface area is 120 Å². The molecule has 1 aliphatic rings. The smallest absolute Gasteiger partial charge is 0.294 e. The van der Waals surface area contributed by atoms with Crippen molar-refractivity contribution < 1.29 is 4.92 Å². The number of anilines is 1. The molecule has 1 aromatic carbocycles. The zero-order valence-corrected chi connectivity index (χ0v) is 12.0. The summed E-state index contributed by atoms with van der Waals surface area (Å²) in [5.41, 5.74) is 7.60. The minimum absolute atomic E-state index is 0.0798. The number of nitro groups is 1. The van der Waals surface area contributed by atoms with E-state index in [9.17, 15) is 10.1 Å². The molecule has 1 saturated heterocycles. The van der Waals surface area contributed by atoms with Crippen molar-refractivity contribution >= 4 is 32.9 Å². The molecule has 2 heterocycles. The Hall–Kier alpha value is -1.73. The third kappa shape index (κ3) is 2.34. The van der Waals surface area contributed by atoms with Gasteiger partial charge in [-0.25, -0.2) is 4.98 Å². The second-order valence-corrected chi connectivity index (χ2v) is 6.38. The van der Waals surface area contributed by atoms with Crippen LogP contribution in [0.4, 0.5) is 11.4 Å². The Morgan fingerprint density at radius 3 is 3.05 bits per heavy atom. The van der Waals surface area contributed by atoms with Crippen molar-refractivity contribution in [2.24, 2.45) is 5.73 Å². The molecule has 0 saturated carbocycles. The molecule has 20 heavy (non-hydrogen) atoms. The van der Waals surface area contributed by atoms with Crippen LogP contribution in [-0.2, 0) is 0 Å². The van der Waals surface area contributed by atoms with Gasteiger partial charge in [0, 0.05) is 25.2 Å². The Balaban J connectivity index is 2.11. The lowest BCUT2D eigenvalue weighted by Crippen LogP contribution is -2.43. The monoisotopic (exact) mass is 292 g/mol. The molecule has 0 bridgehead atoms. The molecule has 1 fully saturated rings. The van der Waals surface area contributed by atoms with Gasteiger partial charge in [-0.15, -0.1) is 11.3 Å². The fourth-order valence-corrected chi connectivity index (χ4v) is 3.54. The van der Waals surface area contributed by atoms with Crippen molar-refractivity contribution in [3.8, 4) is 0 Å². The number of hydrogen-bond donors (Lipinski definition) is 1. The summed E-state index contributed by atoms with van der Waals surface area (Å²) in [4.78, 5) is 17.5. The number of benzene rings is 1. The van der Waals surface area contributed by atoms with Gasteiger partial charge in [0.2, 0.25) is 0 Å². The van der Waals surface area contributed by atoms with Crippen LogP contribution in [0.15, 0.2) is 12.1 Å². The molecule has 0 radical (unpaired) electrons. The number of rotatable bonds is 2. The van der Waals surface area contributed by atoms with Crippen molar-refractivity contribution in [2.75, 3.05) is 18.0 Å². The molecule has 0 spiro atoms. The van der Waals surface area contributed by atoms with E-state index < -0.39 is 0 Å². The van der Waals surface area contributed by atoms with Crippen LogP contribution in [0, 0.1) is 17.0 Å². The van der Waals surface area contributed by atoms with Crippen molar-refractivity contribution in [3.05, 3.63) is 27.3 Å². The first-order chi connectivity index (χ1) is 9.54. The van der Waals surface area contributed by atoms with Crippen LogP contribution in [0.3, 0.4) is 0 Å². The van der Waals surface area contributed by atoms with Gasteiger partial charge in [-0.1, -0.05) is 0 Å². The molecule has 2 aromatic rings. The number of aryl methyl sites for hydroxylation is 1. The van der Waals surface area contributed by atoms with E-state index in [4.69, 9.17) is 5.73 Å². The number of nitrogens with zero attached hydrogens (tertiary/aromatic N) is 3. The van der Waals surface area contributed by atoms with E-state index >= 15 is 0 Å². The third-order valence-electron chi connectivity index (χ3n) is 3.59. The molecule has 0 aliphatic carbocycles. The molecule has 2 N–H and O–H groups in total. The first-order valence-corrected chi connectivity index (χ1v) is 7.42. The summed E-state index contributed by atoms with van der Waals surface area (Å²) in [7, 11) is 0. The summed E-state index contributed by atoms with van der Waals surface area (Å²) in [5.74, 6) is 0. The topological polar surface area (TPSA) is 85.3 Å². The van der Waals surface area contributed by atoms with Gasteiger partial charge in [-0.3, -0.25) is 10.1 Å².